The molecule has 0 spiro atoms. The summed E-state index contributed by atoms with van der Waals surface area (Å²) in [6.07, 6.45) is 0. The molecule has 0 saturated heterocycles. The van der Waals surface area contributed by atoms with E-state index in [4.69, 9.17) is 14.2 Å². The molecular weight excluding hydrogens is 410 g/mol. The van der Waals surface area contributed by atoms with E-state index in [0.717, 1.165) is 0 Å². The Kier molecular flexibility index (Phi) is 7.35. The van der Waals surface area contributed by atoms with Gasteiger partial charge in [0, 0.05) is 23.5 Å². The van der Waals surface area contributed by atoms with E-state index < -0.39 is 29.4 Å². The maximum Gasteiger partial charge on any atom is 0.355 e. The number of methoxy groups -OCH3 is 1. The molecule has 0 aliphatic heterocycles. The van der Waals surface area contributed by atoms with Gasteiger partial charge in [0.15, 0.2) is 12.4 Å². The molecule has 0 unspecified atom stereocenters. The number of aromatic amines is 1. The first-order chi connectivity index (χ1) is 14.6. The van der Waals surface area contributed by atoms with Crippen molar-refractivity contribution in [1.82, 2.24) is 4.98 Å². The number of nitrogens with one attached hydrogen (secondary N) is 2. The number of amides is 1. The summed E-state index contributed by atoms with van der Waals surface area (Å²) < 4.78 is 15.0. The number of esters is 2. The summed E-state index contributed by atoms with van der Waals surface area (Å²) in [4.78, 5) is 49.9. The highest BCUT2D eigenvalue weighted by Crippen LogP contribution is 2.32. The number of nitro benzene ring substituents is 1. The van der Waals surface area contributed by atoms with Crippen molar-refractivity contribution >= 4 is 29.2 Å². The van der Waals surface area contributed by atoms with Crippen LogP contribution in [-0.4, -0.2) is 48.1 Å². The van der Waals surface area contributed by atoms with Gasteiger partial charge in [-0.2, -0.15) is 0 Å². The molecular formula is C20H23N3O8. The number of rotatable bonds is 8. The van der Waals surface area contributed by atoms with E-state index >= 15 is 0 Å². The Morgan fingerprint density at radius 2 is 1.81 bits per heavy atom. The van der Waals surface area contributed by atoms with Gasteiger partial charge in [-0.3, -0.25) is 14.9 Å². The first kappa shape index (κ1) is 23.4. The zero-order chi connectivity index (χ0) is 23.3. The zero-order valence-electron chi connectivity index (χ0n) is 17.8. The summed E-state index contributed by atoms with van der Waals surface area (Å²) in [5, 5.41) is 13.6. The van der Waals surface area contributed by atoms with Crippen LogP contribution in [0.3, 0.4) is 0 Å². The molecule has 11 heteroatoms. The van der Waals surface area contributed by atoms with Gasteiger partial charge in [-0.1, -0.05) is 0 Å². The lowest BCUT2D eigenvalue weighted by molar-refractivity contribution is -0.385. The molecule has 0 bridgehead atoms. The van der Waals surface area contributed by atoms with Crippen molar-refractivity contribution < 1.29 is 33.5 Å². The van der Waals surface area contributed by atoms with Gasteiger partial charge in [0.05, 0.1) is 24.2 Å². The van der Waals surface area contributed by atoms with Crippen LogP contribution in [0.2, 0.25) is 0 Å². The molecule has 0 fully saturated rings. The van der Waals surface area contributed by atoms with Crippen LogP contribution >= 0.6 is 0 Å². The van der Waals surface area contributed by atoms with E-state index in [0.29, 0.717) is 16.8 Å². The standard InChI is InChI=1S/C20H23N3O8/c1-6-30-19(25)17-11(3)18(21-12(17)4)20(26)31-9-16(24)22-13-8-15(29-5)14(23(27)28)7-10(13)2/h7-8,21H,6,9H2,1-5H3,(H,22,24). The van der Waals surface area contributed by atoms with Crippen molar-refractivity contribution in [3.05, 3.63) is 50.3 Å². The van der Waals surface area contributed by atoms with Gasteiger partial charge in [-0.05, 0) is 38.8 Å². The summed E-state index contributed by atoms with van der Waals surface area (Å²) in [7, 11) is 1.27. The van der Waals surface area contributed by atoms with E-state index in [1.54, 1.807) is 27.7 Å². The van der Waals surface area contributed by atoms with Gasteiger partial charge in [0.2, 0.25) is 0 Å². The SMILES string of the molecule is CCOC(=O)c1c(C)[nH]c(C(=O)OCC(=O)Nc2cc(OC)c([N+](=O)[O-])cc2C)c1C. The lowest BCUT2D eigenvalue weighted by atomic mass is 10.1. The number of carbonyl (C=O) groups excluding carboxylic acids is 3. The number of ether oxygens (including phenoxy) is 3. The zero-order valence-corrected chi connectivity index (χ0v) is 17.8. The Labute approximate surface area is 177 Å². The van der Waals surface area contributed by atoms with Crippen molar-refractivity contribution in [1.29, 1.82) is 0 Å². The molecule has 0 atom stereocenters. The Balaban J connectivity index is 2.09. The maximum absolute atomic E-state index is 12.4. The molecule has 0 saturated carbocycles. The molecule has 2 aromatic rings. The Hall–Kier alpha value is -3.89. The van der Waals surface area contributed by atoms with Crippen LogP contribution in [0.25, 0.3) is 0 Å². The van der Waals surface area contributed by atoms with Crippen LogP contribution in [0.5, 0.6) is 5.75 Å². The van der Waals surface area contributed by atoms with Crippen molar-refractivity contribution in [2.75, 3.05) is 25.6 Å². The number of aromatic nitrogens is 1. The first-order valence-corrected chi connectivity index (χ1v) is 9.26. The van der Waals surface area contributed by atoms with Crippen molar-refractivity contribution in [3.8, 4) is 5.75 Å². The van der Waals surface area contributed by atoms with Gasteiger partial charge >= 0.3 is 17.6 Å². The molecule has 1 aromatic carbocycles. The normalized spacial score (nSPS) is 10.4. The maximum atomic E-state index is 12.4. The number of anilines is 1. The lowest BCUT2D eigenvalue weighted by Gasteiger charge is -2.11. The van der Waals surface area contributed by atoms with Crippen molar-refractivity contribution in [2.24, 2.45) is 0 Å². The van der Waals surface area contributed by atoms with E-state index in [1.165, 1.54) is 19.2 Å². The molecule has 0 radical (unpaired) electrons. The fourth-order valence-electron chi connectivity index (χ4n) is 2.97. The number of benzene rings is 1. The van der Waals surface area contributed by atoms with Crippen LogP contribution in [0.15, 0.2) is 12.1 Å². The smallest absolute Gasteiger partial charge is 0.355 e. The second-order valence-electron chi connectivity index (χ2n) is 6.57. The first-order valence-electron chi connectivity index (χ1n) is 9.26. The van der Waals surface area contributed by atoms with Crippen molar-refractivity contribution in [3.63, 3.8) is 0 Å². The third-order valence-corrected chi connectivity index (χ3v) is 4.45. The summed E-state index contributed by atoms with van der Waals surface area (Å²) in [6, 6.07) is 2.58. The third-order valence-electron chi connectivity index (χ3n) is 4.45. The van der Waals surface area contributed by atoms with Gasteiger partial charge < -0.3 is 24.5 Å². The van der Waals surface area contributed by atoms with E-state index in [9.17, 15) is 24.5 Å². The quantitative estimate of drug-likeness (QED) is 0.366. The van der Waals surface area contributed by atoms with Crippen molar-refractivity contribution in [2.45, 2.75) is 27.7 Å². The largest absolute Gasteiger partial charge is 0.490 e. The fraction of sp³-hybridized carbons (Fsp3) is 0.350. The molecule has 2 rings (SSSR count). The molecule has 166 valence electrons. The highest BCUT2D eigenvalue weighted by molar-refractivity contribution is 6.00. The summed E-state index contributed by atoms with van der Waals surface area (Å²) >= 11 is 0. The summed E-state index contributed by atoms with van der Waals surface area (Å²) in [6.45, 7) is 6.02. The van der Waals surface area contributed by atoms with E-state index in [2.05, 4.69) is 10.3 Å². The number of hydrogen-bond acceptors (Lipinski definition) is 8. The van der Waals surface area contributed by atoms with Gasteiger partial charge in [0.25, 0.3) is 5.91 Å². The molecule has 0 aliphatic rings. The highest BCUT2D eigenvalue weighted by atomic mass is 16.6. The molecule has 2 N–H and O–H groups in total. The second-order valence-corrected chi connectivity index (χ2v) is 6.57. The van der Waals surface area contributed by atoms with Crippen LogP contribution in [0.4, 0.5) is 11.4 Å². The highest BCUT2D eigenvalue weighted by Gasteiger charge is 2.24. The van der Waals surface area contributed by atoms with Crippen LogP contribution in [0, 0.1) is 30.9 Å². The summed E-state index contributed by atoms with van der Waals surface area (Å²) in [5.41, 5.74) is 1.56. The Bertz CT molecular complexity index is 1040. The number of carbonyl (C=O) groups is 3. The number of H-pyrrole nitrogens is 1. The Morgan fingerprint density at radius 3 is 2.39 bits per heavy atom. The van der Waals surface area contributed by atoms with Gasteiger partial charge in [-0.25, -0.2) is 9.59 Å². The summed E-state index contributed by atoms with van der Waals surface area (Å²) in [5.74, 6) is -2.05. The minimum Gasteiger partial charge on any atom is -0.490 e. The second kappa shape index (κ2) is 9.74. The number of nitro groups is 1. The minimum atomic E-state index is -0.815. The van der Waals surface area contributed by atoms with Crippen LogP contribution < -0.4 is 10.1 Å². The monoisotopic (exact) mass is 433 g/mol. The average Bonchev–Trinajstić information content (AvgIpc) is 3.01. The van der Waals surface area contributed by atoms with Gasteiger partial charge in [0.1, 0.15) is 5.69 Å². The predicted octanol–water partition coefficient (Wildman–Crippen LogP) is 2.83. The molecule has 0 aliphatic carbocycles. The number of nitrogens with zero attached hydrogens (tertiary/aromatic N) is 1. The van der Waals surface area contributed by atoms with Gasteiger partial charge in [-0.15, -0.1) is 0 Å². The van der Waals surface area contributed by atoms with E-state index in [-0.39, 0.29) is 35.0 Å². The topological polar surface area (TPSA) is 150 Å². The predicted molar refractivity (Wildman–Crippen MR) is 110 cm³/mol. The molecule has 1 aromatic heterocycles. The molecule has 31 heavy (non-hydrogen) atoms. The van der Waals surface area contributed by atoms with E-state index in [1.807, 2.05) is 0 Å². The lowest BCUT2D eigenvalue weighted by Crippen LogP contribution is -2.22. The fourth-order valence-corrected chi connectivity index (χ4v) is 2.97. The molecule has 1 heterocycles. The number of aryl methyl sites for hydroxylation is 2. The van der Waals surface area contributed by atoms with Crippen LogP contribution in [-0.2, 0) is 14.3 Å². The molecule has 11 nitrogen and oxygen atoms in total. The third kappa shape index (κ3) is 5.18. The minimum absolute atomic E-state index is 0.0214. The van der Waals surface area contributed by atoms with Crippen LogP contribution in [0.1, 0.15) is 44.6 Å². The average molecular weight is 433 g/mol. The molecule has 1 amide bonds. The number of hydrogen-bond donors (Lipinski definition) is 2. The Morgan fingerprint density at radius 1 is 1.13 bits per heavy atom.